The number of hydrogen-bond acceptors (Lipinski definition) is 3. The van der Waals surface area contributed by atoms with E-state index in [1.54, 1.807) is 0 Å². The zero-order valence-electron chi connectivity index (χ0n) is 12.1. The van der Waals surface area contributed by atoms with Gasteiger partial charge in [0.1, 0.15) is 5.75 Å². The Morgan fingerprint density at radius 3 is 2.48 bits per heavy atom. The van der Waals surface area contributed by atoms with E-state index in [0.717, 1.165) is 37.7 Å². The second kappa shape index (κ2) is 6.76. The molecular weight excluding hydrogens is 331 g/mol. The maximum absolute atomic E-state index is 11.5. The first kappa shape index (κ1) is 16.9. The molecule has 1 aliphatic carbocycles. The number of benzene rings is 1. The predicted octanol–water partition coefficient (Wildman–Crippen LogP) is 4.55. The molecule has 1 aromatic rings. The van der Waals surface area contributed by atoms with Gasteiger partial charge in [0.25, 0.3) is 0 Å². The molecule has 3 nitrogen and oxygen atoms in total. The summed E-state index contributed by atoms with van der Waals surface area (Å²) in [5.74, 6) is 0.560. The van der Waals surface area contributed by atoms with Gasteiger partial charge in [-0.2, -0.15) is 0 Å². The van der Waals surface area contributed by atoms with Crippen molar-refractivity contribution in [1.29, 1.82) is 0 Å². The second-order valence-electron chi connectivity index (χ2n) is 5.97. The van der Waals surface area contributed by atoms with Gasteiger partial charge >= 0.3 is 0 Å². The van der Waals surface area contributed by atoms with Gasteiger partial charge in [-0.15, -0.1) is 0 Å². The fraction of sp³-hybridized carbons (Fsp3) is 0.600. The Morgan fingerprint density at radius 1 is 1.24 bits per heavy atom. The van der Waals surface area contributed by atoms with Crippen LogP contribution >= 0.6 is 22.3 Å². The van der Waals surface area contributed by atoms with Crippen molar-refractivity contribution in [3.05, 3.63) is 28.8 Å². The molecule has 0 heterocycles. The molecule has 6 heteroatoms. The molecule has 1 saturated carbocycles. The number of ether oxygens (including phenoxy) is 1. The van der Waals surface area contributed by atoms with Crippen LogP contribution in [0.3, 0.4) is 0 Å². The zero-order chi connectivity index (χ0) is 15.5. The molecular formula is C15H20Cl2O3S. The fourth-order valence-electron chi connectivity index (χ4n) is 2.95. The number of hydrogen-bond donors (Lipinski definition) is 0. The zero-order valence-corrected chi connectivity index (χ0v) is 14.4. The van der Waals surface area contributed by atoms with Gasteiger partial charge in [-0.25, -0.2) is 8.42 Å². The molecule has 0 radical (unpaired) electrons. The monoisotopic (exact) mass is 350 g/mol. The third kappa shape index (κ3) is 5.04. The van der Waals surface area contributed by atoms with Crippen molar-refractivity contribution in [3.63, 3.8) is 0 Å². The van der Waals surface area contributed by atoms with Crippen molar-refractivity contribution in [2.45, 2.75) is 39.0 Å². The Morgan fingerprint density at radius 2 is 1.90 bits per heavy atom. The minimum atomic E-state index is -3.54. The second-order valence-corrected chi connectivity index (χ2v) is 9.15. The molecule has 0 unspecified atom stereocenters. The first-order valence-electron chi connectivity index (χ1n) is 7.11. The van der Waals surface area contributed by atoms with E-state index >= 15 is 0 Å². The Balaban J connectivity index is 2.12. The molecule has 0 saturated heterocycles. The maximum Gasteiger partial charge on any atom is 0.233 e. The minimum absolute atomic E-state index is 0.0367. The smallest absolute Gasteiger partial charge is 0.233 e. The molecule has 0 aromatic heterocycles. The summed E-state index contributed by atoms with van der Waals surface area (Å²) in [4.78, 5) is 0. The highest BCUT2D eigenvalue weighted by Crippen LogP contribution is 2.39. The van der Waals surface area contributed by atoms with Crippen molar-refractivity contribution in [2.24, 2.45) is 5.41 Å². The lowest BCUT2D eigenvalue weighted by Gasteiger charge is -2.36. The van der Waals surface area contributed by atoms with Gasteiger partial charge in [0, 0.05) is 16.1 Å². The highest BCUT2D eigenvalue weighted by molar-refractivity contribution is 8.13. The summed E-state index contributed by atoms with van der Waals surface area (Å²) in [6.45, 7) is 2.29. The first-order chi connectivity index (χ1) is 9.80. The maximum atomic E-state index is 11.5. The highest BCUT2D eigenvalue weighted by Gasteiger charge is 2.37. The van der Waals surface area contributed by atoms with Crippen molar-refractivity contribution >= 4 is 31.3 Å². The van der Waals surface area contributed by atoms with Crippen molar-refractivity contribution in [2.75, 3.05) is 12.4 Å². The van der Waals surface area contributed by atoms with Gasteiger partial charge < -0.3 is 4.74 Å². The molecule has 1 fully saturated rings. The van der Waals surface area contributed by atoms with Crippen molar-refractivity contribution in [1.82, 2.24) is 0 Å². The van der Waals surface area contributed by atoms with Crippen LogP contribution in [-0.4, -0.2) is 20.8 Å². The van der Waals surface area contributed by atoms with Crippen LogP contribution in [0.5, 0.6) is 5.75 Å². The van der Waals surface area contributed by atoms with Crippen LogP contribution < -0.4 is 4.74 Å². The molecule has 2 rings (SSSR count). The summed E-state index contributed by atoms with van der Waals surface area (Å²) in [5, 5.41) is 0.551. The van der Waals surface area contributed by atoms with Crippen LogP contribution in [0.4, 0.5) is 0 Å². The molecule has 0 aliphatic heterocycles. The van der Waals surface area contributed by atoms with Crippen molar-refractivity contribution < 1.29 is 13.2 Å². The third-order valence-electron chi connectivity index (χ3n) is 4.01. The van der Waals surface area contributed by atoms with Crippen LogP contribution in [0.2, 0.25) is 5.02 Å². The molecule has 0 spiro atoms. The summed E-state index contributed by atoms with van der Waals surface area (Å²) in [5.41, 5.74) is 0.663. The minimum Gasteiger partial charge on any atom is -0.491 e. The van der Waals surface area contributed by atoms with Gasteiger partial charge in [-0.05, 0) is 37.5 Å². The van der Waals surface area contributed by atoms with Gasteiger partial charge in [-0.1, -0.05) is 36.9 Å². The number of aryl methyl sites for hydroxylation is 1. The average molecular weight is 351 g/mol. The standard InChI is InChI=1S/C15H20Cl2O3S/c1-12-5-6-14(13(16)9-12)20-10-15(11-21(17,18)19)7-3-2-4-8-15/h5-6,9H,2-4,7-8,10-11H2,1H3. The van der Waals surface area contributed by atoms with Crippen LogP contribution in [0.15, 0.2) is 18.2 Å². The van der Waals surface area contributed by atoms with Crippen LogP contribution in [0, 0.1) is 12.3 Å². The lowest BCUT2D eigenvalue weighted by atomic mass is 9.76. The van der Waals surface area contributed by atoms with E-state index in [9.17, 15) is 8.42 Å². The van der Waals surface area contributed by atoms with Gasteiger partial charge in [0.15, 0.2) is 0 Å². The quantitative estimate of drug-likeness (QED) is 0.731. The molecule has 0 N–H and O–H groups in total. The van der Waals surface area contributed by atoms with E-state index in [4.69, 9.17) is 27.0 Å². The molecule has 1 aliphatic rings. The fourth-order valence-corrected chi connectivity index (χ4v) is 5.04. The lowest BCUT2D eigenvalue weighted by Crippen LogP contribution is -2.36. The molecule has 1 aromatic carbocycles. The number of halogens is 2. The molecule has 21 heavy (non-hydrogen) atoms. The van der Waals surface area contributed by atoms with E-state index in [2.05, 4.69) is 0 Å². The summed E-state index contributed by atoms with van der Waals surface area (Å²) < 4.78 is 28.8. The van der Waals surface area contributed by atoms with Crippen LogP contribution in [0.1, 0.15) is 37.7 Å². The third-order valence-corrected chi connectivity index (χ3v) is 5.59. The molecule has 0 amide bonds. The highest BCUT2D eigenvalue weighted by atomic mass is 35.7. The summed E-state index contributed by atoms with van der Waals surface area (Å²) in [6, 6.07) is 5.58. The Kier molecular flexibility index (Phi) is 5.44. The summed E-state index contributed by atoms with van der Waals surface area (Å²) >= 11 is 6.16. The molecule has 0 atom stereocenters. The van der Waals surface area contributed by atoms with Gasteiger partial charge in [-0.3, -0.25) is 0 Å². The topological polar surface area (TPSA) is 43.4 Å². The number of rotatable bonds is 5. The van der Waals surface area contributed by atoms with E-state index in [0.29, 0.717) is 17.4 Å². The van der Waals surface area contributed by atoms with E-state index in [1.807, 2.05) is 25.1 Å². The van der Waals surface area contributed by atoms with Gasteiger partial charge in [0.2, 0.25) is 9.05 Å². The normalized spacial score (nSPS) is 18.4. The van der Waals surface area contributed by atoms with Crippen LogP contribution in [0.25, 0.3) is 0 Å². The Bertz CT molecular complexity index is 593. The molecule has 0 bridgehead atoms. The van der Waals surface area contributed by atoms with E-state index in [1.165, 1.54) is 0 Å². The van der Waals surface area contributed by atoms with Crippen molar-refractivity contribution in [3.8, 4) is 5.75 Å². The van der Waals surface area contributed by atoms with E-state index in [-0.39, 0.29) is 5.75 Å². The summed E-state index contributed by atoms with van der Waals surface area (Å²) in [6.07, 6.45) is 4.80. The van der Waals surface area contributed by atoms with E-state index < -0.39 is 14.5 Å². The Labute approximate surface area is 136 Å². The summed E-state index contributed by atoms with van der Waals surface area (Å²) in [7, 11) is 1.94. The first-order valence-corrected chi connectivity index (χ1v) is 9.97. The lowest BCUT2D eigenvalue weighted by molar-refractivity contribution is 0.119. The molecule has 118 valence electrons. The average Bonchev–Trinajstić information content (AvgIpc) is 2.37. The largest absolute Gasteiger partial charge is 0.491 e. The van der Waals surface area contributed by atoms with Crippen LogP contribution in [-0.2, 0) is 9.05 Å². The predicted molar refractivity (Wildman–Crippen MR) is 86.8 cm³/mol. The van der Waals surface area contributed by atoms with Gasteiger partial charge in [0.05, 0.1) is 17.4 Å². The Hall–Kier alpha value is -0.450. The SMILES string of the molecule is Cc1ccc(OCC2(CS(=O)(=O)Cl)CCCCC2)c(Cl)c1.